The molecular weight excluding hydrogens is 490 g/mol. The molecule has 4 rings (SSSR count). The lowest BCUT2D eigenvalue weighted by Gasteiger charge is -2.28. The van der Waals surface area contributed by atoms with Crippen LogP contribution < -0.4 is 14.8 Å². The molecule has 1 aliphatic rings. The van der Waals surface area contributed by atoms with Crippen molar-refractivity contribution in [1.82, 2.24) is 20.2 Å². The minimum Gasteiger partial charge on any atom is -0.490 e. The van der Waals surface area contributed by atoms with Crippen molar-refractivity contribution in [1.29, 1.82) is 0 Å². The number of ether oxygens (including phenoxy) is 3. The second-order valence-corrected chi connectivity index (χ2v) is 8.13. The van der Waals surface area contributed by atoms with Gasteiger partial charge in [0.05, 0.1) is 23.3 Å². The number of benzene rings is 2. The van der Waals surface area contributed by atoms with Gasteiger partial charge in [-0.1, -0.05) is 35.4 Å². The van der Waals surface area contributed by atoms with Gasteiger partial charge >= 0.3 is 5.97 Å². The number of nitrogens with zero attached hydrogens (tertiary/aromatic N) is 4. The smallest absolute Gasteiger partial charge is 0.338 e. The molecule has 1 N–H and O–H groups in total. The topological polar surface area (TPSA) is 100 Å². The van der Waals surface area contributed by atoms with E-state index in [1.807, 2.05) is 49.4 Å². The molecule has 10 heteroatoms. The van der Waals surface area contributed by atoms with Gasteiger partial charge in [0, 0.05) is 5.70 Å². The predicted molar refractivity (Wildman–Crippen MR) is 125 cm³/mol. The molecule has 2 aromatic carbocycles. The molecule has 1 aliphatic heterocycles. The minimum atomic E-state index is -0.603. The van der Waals surface area contributed by atoms with Crippen LogP contribution in [0.3, 0.4) is 0 Å². The summed E-state index contributed by atoms with van der Waals surface area (Å²) in [6.45, 7) is 6.55. The normalized spacial score (nSPS) is 15.0. The highest BCUT2D eigenvalue weighted by molar-refractivity contribution is 9.10. The number of rotatable bonds is 8. The summed E-state index contributed by atoms with van der Waals surface area (Å²) in [6, 6.07) is 13.0. The standard InChI is InChI=1S/C23H24BrN5O4/c1-4-31-18-12-16(11-17(24)21(18)33-13-15-9-7-6-8-10-15)20-19(22(30)32-5-2)14(3)25-23-26-27-28-29(20)23/h6-12,20H,4-5,13H2,1-3H3,(H,25,26,28). The number of esters is 1. The van der Waals surface area contributed by atoms with Crippen LogP contribution in [0.5, 0.6) is 11.5 Å². The van der Waals surface area contributed by atoms with Gasteiger partial charge < -0.3 is 19.5 Å². The van der Waals surface area contributed by atoms with E-state index in [2.05, 4.69) is 36.8 Å². The van der Waals surface area contributed by atoms with E-state index >= 15 is 0 Å². The van der Waals surface area contributed by atoms with Crippen molar-refractivity contribution in [2.45, 2.75) is 33.4 Å². The number of carbonyl (C=O) groups excluding carboxylic acids is 1. The second-order valence-electron chi connectivity index (χ2n) is 7.27. The molecule has 0 fully saturated rings. The van der Waals surface area contributed by atoms with Crippen LogP contribution in [-0.2, 0) is 16.1 Å². The quantitative estimate of drug-likeness (QED) is 0.445. The number of allylic oxidation sites excluding steroid dienone is 1. The first-order valence-corrected chi connectivity index (χ1v) is 11.4. The van der Waals surface area contributed by atoms with E-state index in [0.29, 0.717) is 46.4 Å². The zero-order chi connectivity index (χ0) is 23.4. The number of carbonyl (C=O) groups is 1. The fraction of sp³-hybridized carbons (Fsp3) is 0.304. The lowest BCUT2D eigenvalue weighted by atomic mass is 9.95. The first-order valence-electron chi connectivity index (χ1n) is 10.6. The summed E-state index contributed by atoms with van der Waals surface area (Å²) in [5.41, 5.74) is 2.83. The summed E-state index contributed by atoms with van der Waals surface area (Å²) < 4.78 is 19.6. The molecule has 9 nitrogen and oxygen atoms in total. The third kappa shape index (κ3) is 4.70. The summed E-state index contributed by atoms with van der Waals surface area (Å²) in [4.78, 5) is 12.9. The molecule has 1 atom stereocenters. The highest BCUT2D eigenvalue weighted by atomic mass is 79.9. The lowest BCUT2D eigenvalue weighted by Crippen LogP contribution is -2.29. The van der Waals surface area contributed by atoms with E-state index in [-0.39, 0.29) is 6.61 Å². The zero-order valence-electron chi connectivity index (χ0n) is 18.5. The van der Waals surface area contributed by atoms with Gasteiger partial charge in [-0.15, -0.1) is 0 Å². The van der Waals surface area contributed by atoms with Gasteiger partial charge in [0.2, 0.25) is 5.95 Å². The summed E-state index contributed by atoms with van der Waals surface area (Å²) in [5, 5.41) is 15.0. The van der Waals surface area contributed by atoms with Crippen LogP contribution in [0.15, 0.2) is 58.2 Å². The van der Waals surface area contributed by atoms with E-state index in [4.69, 9.17) is 14.2 Å². The molecule has 33 heavy (non-hydrogen) atoms. The van der Waals surface area contributed by atoms with Gasteiger partial charge in [0.15, 0.2) is 11.5 Å². The number of tetrazole rings is 1. The molecule has 0 spiro atoms. The Balaban J connectivity index is 1.76. The summed E-state index contributed by atoms with van der Waals surface area (Å²) in [6.07, 6.45) is 0. The monoisotopic (exact) mass is 513 g/mol. The SMILES string of the molecule is CCOC(=O)C1=C(C)Nc2nnnn2C1c1cc(Br)c(OCc2ccccc2)c(OCC)c1. The first-order chi connectivity index (χ1) is 16.0. The average Bonchev–Trinajstić information content (AvgIpc) is 3.26. The van der Waals surface area contributed by atoms with Crippen LogP contribution in [-0.4, -0.2) is 39.4 Å². The summed E-state index contributed by atoms with van der Waals surface area (Å²) in [5.74, 6) is 1.12. The van der Waals surface area contributed by atoms with Crippen molar-refractivity contribution < 1.29 is 19.0 Å². The van der Waals surface area contributed by atoms with Crippen molar-refractivity contribution in [2.24, 2.45) is 0 Å². The van der Waals surface area contributed by atoms with Crippen molar-refractivity contribution >= 4 is 27.8 Å². The molecule has 1 unspecified atom stereocenters. The highest BCUT2D eigenvalue weighted by Gasteiger charge is 2.35. The van der Waals surface area contributed by atoms with Crippen LogP contribution in [0, 0.1) is 0 Å². The van der Waals surface area contributed by atoms with Crippen LogP contribution in [0.25, 0.3) is 0 Å². The van der Waals surface area contributed by atoms with Crippen LogP contribution >= 0.6 is 15.9 Å². The number of nitrogens with one attached hydrogen (secondary N) is 1. The van der Waals surface area contributed by atoms with E-state index in [0.717, 1.165) is 11.1 Å². The van der Waals surface area contributed by atoms with E-state index < -0.39 is 12.0 Å². The van der Waals surface area contributed by atoms with Gasteiger partial charge in [-0.2, -0.15) is 4.68 Å². The minimum absolute atomic E-state index is 0.255. The van der Waals surface area contributed by atoms with Gasteiger partial charge in [-0.25, -0.2) is 4.79 Å². The van der Waals surface area contributed by atoms with Gasteiger partial charge in [0.25, 0.3) is 0 Å². The second kappa shape index (κ2) is 10.0. The highest BCUT2D eigenvalue weighted by Crippen LogP contribution is 2.43. The van der Waals surface area contributed by atoms with Crippen molar-refractivity contribution in [3.05, 3.63) is 69.3 Å². The Bertz CT molecular complexity index is 1180. The molecule has 0 amide bonds. The Labute approximate surface area is 199 Å². The number of hydrogen-bond acceptors (Lipinski definition) is 8. The molecule has 0 aliphatic carbocycles. The molecule has 0 saturated carbocycles. The van der Waals surface area contributed by atoms with Crippen molar-refractivity contribution in [2.75, 3.05) is 18.5 Å². The van der Waals surface area contributed by atoms with E-state index in [1.54, 1.807) is 18.5 Å². The van der Waals surface area contributed by atoms with Gasteiger partial charge in [-0.05, 0) is 70.4 Å². The zero-order valence-corrected chi connectivity index (χ0v) is 20.1. The molecule has 0 radical (unpaired) electrons. The number of fused-ring (bicyclic) bond motifs is 1. The molecule has 2 heterocycles. The average molecular weight is 514 g/mol. The fourth-order valence-electron chi connectivity index (χ4n) is 3.67. The van der Waals surface area contributed by atoms with Gasteiger partial charge in [0.1, 0.15) is 12.6 Å². The molecule has 172 valence electrons. The third-order valence-electron chi connectivity index (χ3n) is 5.08. The first kappa shape index (κ1) is 22.8. The molecule has 1 aromatic heterocycles. The Morgan fingerprint density at radius 2 is 1.94 bits per heavy atom. The number of aromatic nitrogens is 4. The fourth-order valence-corrected chi connectivity index (χ4v) is 4.25. The number of anilines is 1. The number of halogens is 1. The molecule has 0 bridgehead atoms. The van der Waals surface area contributed by atoms with E-state index in [9.17, 15) is 4.79 Å². The molecule has 3 aromatic rings. The van der Waals surface area contributed by atoms with Crippen molar-refractivity contribution in [3.63, 3.8) is 0 Å². The number of hydrogen-bond donors (Lipinski definition) is 1. The Morgan fingerprint density at radius 1 is 1.15 bits per heavy atom. The largest absolute Gasteiger partial charge is 0.490 e. The Kier molecular flexibility index (Phi) is 6.93. The van der Waals surface area contributed by atoms with Crippen LogP contribution in [0.1, 0.15) is 37.9 Å². The summed E-state index contributed by atoms with van der Waals surface area (Å²) in [7, 11) is 0. The Hall–Kier alpha value is -3.40. The van der Waals surface area contributed by atoms with E-state index in [1.165, 1.54) is 0 Å². The maximum atomic E-state index is 12.9. The third-order valence-corrected chi connectivity index (χ3v) is 5.67. The van der Waals surface area contributed by atoms with Crippen molar-refractivity contribution in [3.8, 4) is 11.5 Å². The molecular formula is C23H24BrN5O4. The molecule has 0 saturated heterocycles. The lowest BCUT2D eigenvalue weighted by molar-refractivity contribution is -0.139. The van der Waals surface area contributed by atoms with Crippen LogP contribution in [0.2, 0.25) is 0 Å². The van der Waals surface area contributed by atoms with Crippen LogP contribution in [0.4, 0.5) is 5.95 Å². The predicted octanol–water partition coefficient (Wildman–Crippen LogP) is 4.27. The maximum Gasteiger partial charge on any atom is 0.338 e. The maximum absolute atomic E-state index is 12.9. The Morgan fingerprint density at radius 3 is 2.67 bits per heavy atom. The van der Waals surface area contributed by atoms with Gasteiger partial charge in [-0.3, -0.25) is 0 Å². The summed E-state index contributed by atoms with van der Waals surface area (Å²) >= 11 is 3.63.